The van der Waals surface area contributed by atoms with Crippen molar-refractivity contribution in [3.63, 3.8) is 0 Å². The zero-order valence-corrected chi connectivity index (χ0v) is 22.6. The highest BCUT2D eigenvalue weighted by Gasteiger charge is 2.29. The number of rotatable bonds is 5. The summed E-state index contributed by atoms with van der Waals surface area (Å²) in [5.41, 5.74) is 15.0. The van der Waals surface area contributed by atoms with Crippen molar-refractivity contribution in [2.45, 2.75) is 26.2 Å². The fraction of sp³-hybridized carbons (Fsp3) is 0.143. The fourth-order valence-corrected chi connectivity index (χ4v) is 5.08. The van der Waals surface area contributed by atoms with Gasteiger partial charge in [-0.2, -0.15) is 0 Å². The molecule has 5 aromatic carbocycles. The summed E-state index contributed by atoms with van der Waals surface area (Å²) in [4.78, 5) is 4.75. The molecule has 1 heterocycles. The van der Waals surface area contributed by atoms with Gasteiger partial charge in [-0.05, 0) is 70.6 Å². The van der Waals surface area contributed by atoms with Gasteiger partial charge in [0.1, 0.15) is 18.2 Å². The number of benzene rings is 5. The Labute approximate surface area is 230 Å². The molecule has 5 aromatic rings. The molecule has 0 amide bonds. The van der Waals surface area contributed by atoms with Crippen LogP contribution < -0.4 is 20.3 Å². The molecule has 0 spiro atoms. The summed E-state index contributed by atoms with van der Waals surface area (Å²) in [5.74, 6) is 1.50. The van der Waals surface area contributed by atoms with E-state index in [2.05, 4.69) is 116 Å². The normalized spacial score (nSPS) is 12.9. The second kappa shape index (κ2) is 9.88. The molecule has 2 N–H and O–H groups in total. The van der Waals surface area contributed by atoms with Crippen LogP contribution in [0.5, 0.6) is 11.5 Å². The van der Waals surface area contributed by atoms with Gasteiger partial charge in [-0.15, -0.1) is 0 Å². The number of nitrogens with zero attached hydrogens (tertiary/aromatic N) is 2. The number of anilines is 5. The van der Waals surface area contributed by atoms with Crippen LogP contribution in [0.1, 0.15) is 26.3 Å². The minimum absolute atomic E-state index is 0.0188. The monoisotopic (exact) mass is 511 g/mol. The molecule has 0 fully saturated rings. The van der Waals surface area contributed by atoms with E-state index in [4.69, 9.17) is 10.5 Å². The Balaban J connectivity index is 1.39. The van der Waals surface area contributed by atoms with Crippen molar-refractivity contribution in [2.24, 2.45) is 0 Å². The topological polar surface area (TPSA) is 41.7 Å². The van der Waals surface area contributed by atoms with Crippen LogP contribution in [0.2, 0.25) is 0 Å². The standard InChI is InChI=1S/C35H33N3O/c1-35(2,3)27-19-26(25-11-5-4-6-12-25)20-30(21-27)38-24-37(33-17-7-8-18-34(33)38)29-14-10-16-32(23-29)39-31-15-9-13-28(36)22-31/h4-23H,24,36H2,1-3H3. The molecule has 4 nitrogen and oxygen atoms in total. The summed E-state index contributed by atoms with van der Waals surface area (Å²) in [5, 5.41) is 0. The molecule has 1 aliphatic heterocycles. The van der Waals surface area contributed by atoms with Crippen molar-refractivity contribution in [2.75, 3.05) is 22.2 Å². The van der Waals surface area contributed by atoms with E-state index < -0.39 is 0 Å². The van der Waals surface area contributed by atoms with Crippen LogP contribution in [0.4, 0.5) is 28.4 Å². The second-order valence-electron chi connectivity index (χ2n) is 11.0. The SMILES string of the molecule is CC(C)(C)c1cc(-c2ccccc2)cc(N2CN(c3cccc(Oc4cccc(N)c4)c3)c3ccccc32)c1. The molecule has 0 unspecified atom stereocenters. The van der Waals surface area contributed by atoms with E-state index in [9.17, 15) is 0 Å². The van der Waals surface area contributed by atoms with Crippen LogP contribution >= 0.6 is 0 Å². The third kappa shape index (κ3) is 5.06. The van der Waals surface area contributed by atoms with Gasteiger partial charge in [-0.25, -0.2) is 0 Å². The number of nitrogens with two attached hydrogens (primary N) is 1. The molecule has 39 heavy (non-hydrogen) atoms. The van der Waals surface area contributed by atoms with Gasteiger partial charge in [0.2, 0.25) is 0 Å². The van der Waals surface area contributed by atoms with Gasteiger partial charge in [0.05, 0.1) is 11.4 Å². The lowest BCUT2D eigenvalue weighted by atomic mass is 9.85. The second-order valence-corrected chi connectivity index (χ2v) is 11.0. The lowest BCUT2D eigenvalue weighted by Gasteiger charge is -2.26. The smallest absolute Gasteiger partial charge is 0.129 e. The van der Waals surface area contributed by atoms with Gasteiger partial charge in [0, 0.05) is 29.2 Å². The summed E-state index contributed by atoms with van der Waals surface area (Å²) >= 11 is 0. The maximum atomic E-state index is 6.16. The van der Waals surface area contributed by atoms with Crippen molar-refractivity contribution >= 4 is 28.4 Å². The van der Waals surface area contributed by atoms with Crippen LogP contribution in [-0.2, 0) is 5.41 Å². The van der Waals surface area contributed by atoms with Gasteiger partial charge < -0.3 is 20.3 Å². The van der Waals surface area contributed by atoms with Crippen molar-refractivity contribution in [1.29, 1.82) is 0 Å². The summed E-state index contributed by atoms with van der Waals surface area (Å²) in [7, 11) is 0. The van der Waals surface area contributed by atoms with E-state index in [0.29, 0.717) is 12.4 Å². The fourth-order valence-electron chi connectivity index (χ4n) is 5.08. The lowest BCUT2D eigenvalue weighted by molar-refractivity contribution is 0.483. The molecule has 0 saturated carbocycles. The molecule has 0 saturated heterocycles. The number of hydrogen-bond acceptors (Lipinski definition) is 4. The van der Waals surface area contributed by atoms with E-state index in [1.807, 2.05) is 36.4 Å². The quantitative estimate of drug-likeness (QED) is 0.239. The molecule has 0 bridgehead atoms. The summed E-state index contributed by atoms with van der Waals surface area (Å²) < 4.78 is 6.16. The minimum atomic E-state index is 0.0188. The molecule has 0 aromatic heterocycles. The molecular weight excluding hydrogens is 478 g/mol. The minimum Gasteiger partial charge on any atom is -0.457 e. The number of para-hydroxylation sites is 2. The zero-order chi connectivity index (χ0) is 27.0. The Hall–Kier alpha value is -4.70. The van der Waals surface area contributed by atoms with Crippen LogP contribution in [0.3, 0.4) is 0 Å². The number of ether oxygens (including phenoxy) is 1. The lowest BCUT2D eigenvalue weighted by Crippen LogP contribution is -2.24. The van der Waals surface area contributed by atoms with Crippen molar-refractivity contribution in [3.8, 4) is 22.6 Å². The summed E-state index contributed by atoms with van der Waals surface area (Å²) in [6, 6.07) is 42.0. The summed E-state index contributed by atoms with van der Waals surface area (Å²) in [6.45, 7) is 7.52. The van der Waals surface area contributed by atoms with Crippen LogP contribution in [-0.4, -0.2) is 6.67 Å². The van der Waals surface area contributed by atoms with Crippen LogP contribution in [0.25, 0.3) is 11.1 Å². The Bertz CT molecular complexity index is 1620. The summed E-state index contributed by atoms with van der Waals surface area (Å²) in [6.07, 6.45) is 0. The van der Waals surface area contributed by atoms with E-state index in [1.165, 1.54) is 33.8 Å². The van der Waals surface area contributed by atoms with Gasteiger partial charge in [-0.3, -0.25) is 0 Å². The predicted octanol–water partition coefficient (Wildman–Crippen LogP) is 9.27. The Morgan fingerprint density at radius 1 is 0.590 bits per heavy atom. The number of hydrogen-bond donors (Lipinski definition) is 1. The van der Waals surface area contributed by atoms with Crippen LogP contribution in [0.15, 0.2) is 121 Å². The van der Waals surface area contributed by atoms with E-state index in [0.717, 1.165) is 17.2 Å². The molecule has 4 heteroatoms. The third-order valence-corrected chi connectivity index (χ3v) is 7.17. The average Bonchev–Trinajstić information content (AvgIpc) is 3.33. The van der Waals surface area contributed by atoms with E-state index in [1.54, 1.807) is 0 Å². The number of nitrogen functional groups attached to an aromatic ring is 1. The van der Waals surface area contributed by atoms with Crippen molar-refractivity contribution < 1.29 is 4.74 Å². The first-order valence-corrected chi connectivity index (χ1v) is 13.3. The Morgan fingerprint density at radius 3 is 1.92 bits per heavy atom. The first-order valence-electron chi connectivity index (χ1n) is 13.3. The highest BCUT2D eigenvalue weighted by Crippen LogP contribution is 2.46. The predicted molar refractivity (Wildman–Crippen MR) is 164 cm³/mol. The van der Waals surface area contributed by atoms with Gasteiger partial charge in [-0.1, -0.05) is 81.4 Å². The highest BCUT2D eigenvalue weighted by molar-refractivity contribution is 5.88. The largest absolute Gasteiger partial charge is 0.457 e. The Morgan fingerprint density at radius 2 is 1.23 bits per heavy atom. The number of fused-ring (bicyclic) bond motifs is 1. The molecular formula is C35H33N3O. The van der Waals surface area contributed by atoms with E-state index >= 15 is 0 Å². The molecule has 6 rings (SSSR count). The molecule has 0 aliphatic carbocycles. The van der Waals surface area contributed by atoms with Crippen molar-refractivity contribution in [1.82, 2.24) is 0 Å². The van der Waals surface area contributed by atoms with E-state index in [-0.39, 0.29) is 5.41 Å². The highest BCUT2D eigenvalue weighted by atomic mass is 16.5. The average molecular weight is 512 g/mol. The maximum Gasteiger partial charge on any atom is 0.129 e. The van der Waals surface area contributed by atoms with Gasteiger partial charge in [0.15, 0.2) is 0 Å². The van der Waals surface area contributed by atoms with Gasteiger partial charge in [0.25, 0.3) is 0 Å². The van der Waals surface area contributed by atoms with Crippen LogP contribution in [0, 0.1) is 0 Å². The maximum absolute atomic E-state index is 6.16. The third-order valence-electron chi connectivity index (χ3n) is 7.17. The first kappa shape index (κ1) is 24.6. The molecule has 194 valence electrons. The molecule has 0 atom stereocenters. The van der Waals surface area contributed by atoms with Crippen molar-refractivity contribution in [3.05, 3.63) is 127 Å². The molecule has 1 aliphatic rings. The Kier molecular flexibility index (Phi) is 6.24. The molecule has 0 radical (unpaired) electrons. The first-order chi connectivity index (χ1) is 18.8. The van der Waals surface area contributed by atoms with Gasteiger partial charge >= 0.3 is 0 Å². The zero-order valence-electron chi connectivity index (χ0n) is 22.6.